The van der Waals surface area contributed by atoms with Crippen LogP contribution in [0.25, 0.3) is 17.0 Å². The summed E-state index contributed by atoms with van der Waals surface area (Å²) in [6.07, 6.45) is 3.39. The molecule has 2 N–H and O–H groups in total. The molecular formula is C26H21N3O2. The fraction of sp³-hybridized carbons (Fsp3) is 0.0769. The Kier molecular flexibility index (Phi) is 4.73. The van der Waals surface area contributed by atoms with Gasteiger partial charge in [0, 0.05) is 22.7 Å². The first kappa shape index (κ1) is 19.0. The minimum atomic E-state index is -0.360. The van der Waals surface area contributed by atoms with Gasteiger partial charge in [-0.05, 0) is 42.3 Å². The number of anilines is 1. The lowest BCUT2D eigenvalue weighted by Gasteiger charge is -2.17. The molecule has 0 aliphatic carbocycles. The number of hydrogen-bond donors (Lipinski definition) is 2. The van der Waals surface area contributed by atoms with Gasteiger partial charge in [0.15, 0.2) is 5.43 Å². The van der Waals surface area contributed by atoms with Gasteiger partial charge >= 0.3 is 0 Å². The molecule has 0 saturated carbocycles. The number of H-pyrrole nitrogens is 1. The number of carbonyl (C=O) groups excluding carboxylic acids is 1. The summed E-state index contributed by atoms with van der Waals surface area (Å²) in [7, 11) is 0. The number of fused-ring (bicyclic) bond motifs is 1. The molecule has 4 aromatic rings. The van der Waals surface area contributed by atoms with E-state index in [9.17, 15) is 9.59 Å². The van der Waals surface area contributed by atoms with Gasteiger partial charge < -0.3 is 4.98 Å². The topological polar surface area (TPSA) is 65.2 Å². The van der Waals surface area contributed by atoms with E-state index in [1.807, 2.05) is 85.8 Å². The van der Waals surface area contributed by atoms with E-state index in [4.69, 9.17) is 0 Å². The molecular weight excluding hydrogens is 386 g/mol. The van der Waals surface area contributed by atoms with Crippen molar-refractivity contribution in [2.45, 2.75) is 13.0 Å². The molecule has 1 aliphatic rings. The maximum Gasteiger partial charge on any atom is 0.270 e. The van der Waals surface area contributed by atoms with Gasteiger partial charge in [0.1, 0.15) is 0 Å². The van der Waals surface area contributed by atoms with Crippen molar-refractivity contribution in [2.75, 3.05) is 5.01 Å². The molecule has 5 nitrogen and oxygen atoms in total. The van der Waals surface area contributed by atoms with Crippen molar-refractivity contribution in [1.29, 1.82) is 0 Å². The molecule has 1 aromatic heterocycles. The van der Waals surface area contributed by atoms with Gasteiger partial charge in [-0.25, -0.2) is 10.4 Å². The summed E-state index contributed by atoms with van der Waals surface area (Å²) in [5.74, 6) is -0.177. The molecule has 0 bridgehead atoms. The maximum absolute atomic E-state index is 13.4. The lowest BCUT2D eigenvalue weighted by Crippen LogP contribution is -2.35. The molecule has 1 saturated heterocycles. The molecule has 152 valence electrons. The van der Waals surface area contributed by atoms with Gasteiger partial charge in [-0.15, -0.1) is 0 Å². The molecule has 31 heavy (non-hydrogen) atoms. The van der Waals surface area contributed by atoms with Crippen LogP contribution >= 0.6 is 0 Å². The Bertz CT molecular complexity index is 1360. The van der Waals surface area contributed by atoms with Crippen LogP contribution in [0.1, 0.15) is 22.7 Å². The molecule has 1 amide bonds. The number of pyridine rings is 1. The quantitative estimate of drug-likeness (QED) is 0.491. The van der Waals surface area contributed by atoms with Crippen molar-refractivity contribution in [3.8, 4) is 0 Å². The Morgan fingerprint density at radius 2 is 1.58 bits per heavy atom. The SMILES string of the molecule is Cc1cccc2c(=O)c(C=C3C(=O)N(c4ccccc4)N[C@H]3c3ccccc3)c[nH]c12. The van der Waals surface area contributed by atoms with E-state index in [1.54, 1.807) is 17.3 Å². The van der Waals surface area contributed by atoms with Gasteiger partial charge in [-0.3, -0.25) is 9.59 Å². The highest BCUT2D eigenvalue weighted by atomic mass is 16.2. The van der Waals surface area contributed by atoms with Gasteiger partial charge in [0.25, 0.3) is 5.91 Å². The lowest BCUT2D eigenvalue weighted by atomic mass is 9.97. The van der Waals surface area contributed by atoms with Crippen molar-refractivity contribution in [3.05, 3.63) is 118 Å². The second-order valence-corrected chi connectivity index (χ2v) is 7.62. The highest BCUT2D eigenvalue weighted by Crippen LogP contribution is 2.33. The number of hydrogen-bond acceptors (Lipinski definition) is 3. The van der Waals surface area contributed by atoms with Crippen LogP contribution in [0.4, 0.5) is 5.69 Å². The van der Waals surface area contributed by atoms with Crippen molar-refractivity contribution in [2.24, 2.45) is 0 Å². The molecule has 0 radical (unpaired) electrons. The molecule has 5 heteroatoms. The Balaban J connectivity index is 1.65. The van der Waals surface area contributed by atoms with Crippen LogP contribution in [0.5, 0.6) is 0 Å². The molecule has 3 aromatic carbocycles. The number of hydrazine groups is 1. The van der Waals surface area contributed by atoms with Crippen LogP contribution in [0, 0.1) is 6.92 Å². The summed E-state index contributed by atoms with van der Waals surface area (Å²) in [6, 6.07) is 24.5. The third-order valence-electron chi connectivity index (χ3n) is 5.63. The predicted molar refractivity (Wildman–Crippen MR) is 124 cm³/mol. The van der Waals surface area contributed by atoms with Gasteiger partial charge in [0.05, 0.1) is 17.2 Å². The predicted octanol–water partition coefficient (Wildman–Crippen LogP) is 4.51. The molecule has 5 rings (SSSR count). The number of para-hydroxylation sites is 2. The summed E-state index contributed by atoms with van der Waals surface area (Å²) in [5.41, 5.74) is 7.72. The number of aryl methyl sites for hydroxylation is 1. The number of nitrogens with zero attached hydrogens (tertiary/aromatic N) is 1. The zero-order valence-corrected chi connectivity index (χ0v) is 17.0. The third kappa shape index (κ3) is 3.35. The monoisotopic (exact) mass is 407 g/mol. The van der Waals surface area contributed by atoms with Crippen LogP contribution in [-0.2, 0) is 4.79 Å². The molecule has 0 spiro atoms. The largest absolute Gasteiger partial charge is 0.360 e. The number of amides is 1. The number of aromatic nitrogens is 1. The molecule has 2 heterocycles. The zero-order chi connectivity index (χ0) is 21.4. The minimum absolute atomic E-state index is 0.0947. The number of nitrogens with one attached hydrogen (secondary N) is 2. The normalized spacial score (nSPS) is 17.6. The number of carbonyl (C=O) groups is 1. The van der Waals surface area contributed by atoms with Crippen LogP contribution in [0.2, 0.25) is 0 Å². The Morgan fingerprint density at radius 3 is 2.32 bits per heavy atom. The second-order valence-electron chi connectivity index (χ2n) is 7.62. The maximum atomic E-state index is 13.4. The summed E-state index contributed by atoms with van der Waals surface area (Å²) in [6.45, 7) is 1.96. The van der Waals surface area contributed by atoms with E-state index < -0.39 is 0 Å². The first-order valence-corrected chi connectivity index (χ1v) is 10.2. The summed E-state index contributed by atoms with van der Waals surface area (Å²) >= 11 is 0. The Hall–Kier alpha value is -3.96. The van der Waals surface area contributed by atoms with E-state index in [0.717, 1.165) is 22.3 Å². The Labute approximate surface area is 179 Å². The first-order valence-electron chi connectivity index (χ1n) is 10.2. The smallest absolute Gasteiger partial charge is 0.270 e. The average Bonchev–Trinajstić information content (AvgIpc) is 3.13. The molecule has 1 atom stereocenters. The van der Waals surface area contributed by atoms with E-state index in [2.05, 4.69) is 10.4 Å². The highest BCUT2D eigenvalue weighted by Gasteiger charge is 2.36. The first-order chi connectivity index (χ1) is 15.1. The molecule has 0 unspecified atom stereocenters. The fourth-order valence-corrected chi connectivity index (χ4v) is 4.02. The van der Waals surface area contributed by atoms with Gasteiger partial charge in [0.2, 0.25) is 0 Å². The van der Waals surface area contributed by atoms with E-state index in [1.165, 1.54) is 0 Å². The standard InChI is InChI=1S/C26H21N3O2/c1-17-9-8-14-21-23(17)27-16-19(25(21)30)15-22-24(18-10-4-2-5-11-18)28-29(26(22)31)20-12-6-3-7-13-20/h2-16,24,28H,1H3,(H,27,30)/t24-/m0/s1. The minimum Gasteiger partial charge on any atom is -0.360 e. The summed E-state index contributed by atoms with van der Waals surface area (Å²) in [5, 5.41) is 2.16. The van der Waals surface area contributed by atoms with Crippen LogP contribution in [-0.4, -0.2) is 10.9 Å². The fourth-order valence-electron chi connectivity index (χ4n) is 4.02. The van der Waals surface area contributed by atoms with Crippen molar-refractivity contribution < 1.29 is 4.79 Å². The summed E-state index contributed by atoms with van der Waals surface area (Å²) < 4.78 is 0. The Morgan fingerprint density at radius 1 is 0.871 bits per heavy atom. The van der Waals surface area contributed by atoms with E-state index >= 15 is 0 Å². The zero-order valence-electron chi connectivity index (χ0n) is 17.0. The molecule has 1 fully saturated rings. The lowest BCUT2D eigenvalue weighted by molar-refractivity contribution is -0.114. The van der Waals surface area contributed by atoms with Crippen molar-refractivity contribution >= 4 is 28.6 Å². The third-order valence-corrected chi connectivity index (χ3v) is 5.63. The van der Waals surface area contributed by atoms with Crippen molar-refractivity contribution in [3.63, 3.8) is 0 Å². The molecule has 1 aliphatic heterocycles. The van der Waals surface area contributed by atoms with Crippen LogP contribution < -0.4 is 15.9 Å². The number of aromatic amines is 1. The average molecular weight is 407 g/mol. The number of rotatable bonds is 3. The van der Waals surface area contributed by atoms with E-state index in [0.29, 0.717) is 16.5 Å². The second kappa shape index (κ2) is 7.70. The van der Waals surface area contributed by atoms with Crippen molar-refractivity contribution in [1.82, 2.24) is 10.4 Å². The number of benzene rings is 3. The van der Waals surface area contributed by atoms with Crippen LogP contribution in [0.15, 0.2) is 95.4 Å². The summed E-state index contributed by atoms with van der Waals surface area (Å²) in [4.78, 5) is 29.8. The van der Waals surface area contributed by atoms with E-state index in [-0.39, 0.29) is 17.4 Å². The van der Waals surface area contributed by atoms with Gasteiger partial charge in [-0.2, -0.15) is 0 Å². The highest BCUT2D eigenvalue weighted by molar-refractivity contribution is 6.11. The van der Waals surface area contributed by atoms with Crippen LogP contribution in [0.3, 0.4) is 0 Å². The van der Waals surface area contributed by atoms with Gasteiger partial charge in [-0.1, -0.05) is 60.7 Å².